The summed E-state index contributed by atoms with van der Waals surface area (Å²) >= 11 is 0. The fourth-order valence-electron chi connectivity index (χ4n) is 5.46. The lowest BCUT2D eigenvalue weighted by Gasteiger charge is -2.36. The van der Waals surface area contributed by atoms with Crippen molar-refractivity contribution >= 4 is 11.8 Å². The number of esters is 1. The van der Waals surface area contributed by atoms with Gasteiger partial charge in [0.2, 0.25) is 0 Å². The van der Waals surface area contributed by atoms with Crippen LogP contribution in [0.2, 0.25) is 0 Å². The lowest BCUT2D eigenvalue weighted by molar-refractivity contribution is -0.149. The van der Waals surface area contributed by atoms with Crippen LogP contribution in [-0.4, -0.2) is 51.0 Å². The van der Waals surface area contributed by atoms with Crippen molar-refractivity contribution in [3.63, 3.8) is 0 Å². The van der Waals surface area contributed by atoms with Crippen molar-refractivity contribution in [1.82, 2.24) is 0 Å². The number of ether oxygens (including phenoxy) is 1. The van der Waals surface area contributed by atoms with E-state index in [0.29, 0.717) is 12.0 Å². The number of allylic oxidation sites excluding steroid dienone is 1. The molecular formula is C22H32O6. The van der Waals surface area contributed by atoms with Gasteiger partial charge in [-0.05, 0) is 54.1 Å². The van der Waals surface area contributed by atoms with Gasteiger partial charge in [0.15, 0.2) is 5.78 Å². The van der Waals surface area contributed by atoms with Gasteiger partial charge in [-0.2, -0.15) is 0 Å². The van der Waals surface area contributed by atoms with Crippen LogP contribution in [0.4, 0.5) is 0 Å². The molecule has 2 saturated carbocycles. The number of carbonyl (C=O) groups is 2. The number of aliphatic hydroxyl groups excluding tert-OH is 2. The number of fused-ring (bicyclic) bond motifs is 2. The minimum absolute atomic E-state index is 0.0584. The van der Waals surface area contributed by atoms with Gasteiger partial charge in [-0.25, -0.2) is 0 Å². The van der Waals surface area contributed by atoms with Gasteiger partial charge in [-0.3, -0.25) is 9.59 Å². The van der Waals surface area contributed by atoms with E-state index in [2.05, 4.69) is 20.4 Å². The highest BCUT2D eigenvalue weighted by Gasteiger charge is 2.61. The van der Waals surface area contributed by atoms with Crippen molar-refractivity contribution < 1.29 is 29.6 Å². The summed E-state index contributed by atoms with van der Waals surface area (Å²) < 4.78 is 5.47. The molecule has 28 heavy (non-hydrogen) atoms. The van der Waals surface area contributed by atoms with Crippen LogP contribution in [-0.2, 0) is 14.3 Å². The van der Waals surface area contributed by atoms with E-state index in [4.69, 9.17) is 4.74 Å². The standard InChI is InChI=1S/C22H32O6/c1-10-7-14-15(21(14,5)6)8-16(28-13(4)23)12(3)19(25)17-18(24)11(2)9-22(17,27)20(10)26/h7,11,14-19,24-25,27H,3,8-9H2,1-2,4-6H3/b10-7+/t11-,14+,15-,16+,17+,18-,19-,22+/m0/s1. The molecule has 0 aromatic heterocycles. The van der Waals surface area contributed by atoms with Crippen molar-refractivity contribution in [3.8, 4) is 0 Å². The largest absolute Gasteiger partial charge is 0.458 e. The van der Waals surface area contributed by atoms with E-state index in [0.717, 1.165) is 0 Å². The molecule has 0 bridgehead atoms. The van der Waals surface area contributed by atoms with E-state index >= 15 is 0 Å². The fraction of sp³-hybridized carbons (Fsp3) is 0.727. The van der Waals surface area contributed by atoms with Crippen LogP contribution >= 0.6 is 0 Å². The average molecular weight is 392 g/mol. The second kappa shape index (κ2) is 6.78. The van der Waals surface area contributed by atoms with E-state index in [1.165, 1.54) is 6.92 Å². The van der Waals surface area contributed by atoms with E-state index < -0.39 is 41.6 Å². The Hall–Kier alpha value is -1.50. The first-order chi connectivity index (χ1) is 12.8. The number of Topliss-reactive ketones (excluding diaryl/α,β-unsaturated/α-hetero) is 1. The molecule has 0 aromatic carbocycles. The predicted molar refractivity (Wildman–Crippen MR) is 103 cm³/mol. The van der Waals surface area contributed by atoms with Gasteiger partial charge in [-0.1, -0.05) is 33.4 Å². The highest BCUT2D eigenvalue weighted by Crippen LogP contribution is 2.62. The molecule has 0 aromatic rings. The summed E-state index contributed by atoms with van der Waals surface area (Å²) in [4.78, 5) is 24.9. The maximum absolute atomic E-state index is 13.2. The third-order valence-corrected chi connectivity index (χ3v) is 7.37. The van der Waals surface area contributed by atoms with Crippen molar-refractivity contribution in [3.05, 3.63) is 23.8 Å². The zero-order valence-electron chi connectivity index (χ0n) is 17.3. The molecule has 0 amide bonds. The minimum Gasteiger partial charge on any atom is -0.458 e. The Bertz CT molecular complexity index is 737. The monoisotopic (exact) mass is 392 g/mol. The number of rotatable bonds is 1. The first-order valence-corrected chi connectivity index (χ1v) is 10.00. The Morgan fingerprint density at radius 1 is 1.32 bits per heavy atom. The predicted octanol–water partition coefficient (Wildman–Crippen LogP) is 1.77. The summed E-state index contributed by atoms with van der Waals surface area (Å²) in [7, 11) is 0. The first kappa shape index (κ1) is 21.2. The van der Waals surface area contributed by atoms with Crippen LogP contribution in [0.25, 0.3) is 0 Å². The number of ketones is 1. The second-order valence-corrected chi connectivity index (χ2v) is 9.61. The van der Waals surface area contributed by atoms with E-state index in [1.807, 2.05) is 6.08 Å². The van der Waals surface area contributed by atoms with Crippen LogP contribution in [0.1, 0.15) is 47.5 Å². The van der Waals surface area contributed by atoms with Gasteiger partial charge in [0.05, 0.1) is 18.1 Å². The molecule has 3 aliphatic rings. The molecule has 6 heteroatoms. The maximum atomic E-state index is 13.2. The first-order valence-electron chi connectivity index (χ1n) is 10.00. The van der Waals surface area contributed by atoms with Crippen molar-refractivity contribution in [2.45, 2.75) is 71.4 Å². The lowest BCUT2D eigenvalue weighted by atomic mass is 9.76. The molecule has 0 unspecified atom stereocenters. The van der Waals surface area contributed by atoms with Crippen molar-refractivity contribution in [2.75, 3.05) is 0 Å². The quantitative estimate of drug-likeness (QED) is 0.464. The van der Waals surface area contributed by atoms with E-state index in [-0.39, 0.29) is 35.2 Å². The molecular weight excluding hydrogens is 360 g/mol. The molecule has 0 saturated heterocycles. The van der Waals surface area contributed by atoms with E-state index in [9.17, 15) is 24.9 Å². The molecule has 2 fully saturated rings. The summed E-state index contributed by atoms with van der Waals surface area (Å²) in [5.41, 5.74) is -1.31. The van der Waals surface area contributed by atoms with Gasteiger partial charge < -0.3 is 20.1 Å². The summed E-state index contributed by atoms with van der Waals surface area (Å²) in [6.45, 7) is 12.9. The van der Waals surface area contributed by atoms with Gasteiger partial charge in [0.1, 0.15) is 11.7 Å². The average Bonchev–Trinajstić information content (AvgIpc) is 2.98. The topological polar surface area (TPSA) is 104 Å². The number of carbonyl (C=O) groups excluding carboxylic acids is 2. The Labute approximate surface area is 166 Å². The highest BCUT2D eigenvalue weighted by atomic mass is 16.5. The number of hydrogen-bond donors (Lipinski definition) is 3. The van der Waals surface area contributed by atoms with E-state index in [1.54, 1.807) is 13.8 Å². The van der Waals surface area contributed by atoms with Crippen LogP contribution in [0.15, 0.2) is 23.8 Å². The number of hydrogen-bond acceptors (Lipinski definition) is 6. The van der Waals surface area contributed by atoms with Gasteiger partial charge >= 0.3 is 5.97 Å². The lowest BCUT2D eigenvalue weighted by Crippen LogP contribution is -2.51. The Kier molecular flexibility index (Phi) is 5.14. The molecule has 3 aliphatic carbocycles. The maximum Gasteiger partial charge on any atom is 0.303 e. The molecule has 3 rings (SSSR count). The molecule has 6 nitrogen and oxygen atoms in total. The summed E-state index contributed by atoms with van der Waals surface area (Å²) in [6.07, 6.45) is -0.758. The Morgan fingerprint density at radius 2 is 1.93 bits per heavy atom. The second-order valence-electron chi connectivity index (χ2n) is 9.61. The molecule has 0 radical (unpaired) electrons. The molecule has 156 valence electrons. The summed E-state index contributed by atoms with van der Waals surface area (Å²) in [5.74, 6) is -2.18. The number of aliphatic hydroxyl groups is 3. The molecule has 3 N–H and O–H groups in total. The zero-order valence-corrected chi connectivity index (χ0v) is 17.3. The van der Waals surface area contributed by atoms with Crippen LogP contribution in [0, 0.1) is 29.1 Å². The smallest absolute Gasteiger partial charge is 0.303 e. The zero-order chi connectivity index (χ0) is 21.2. The molecule has 0 aliphatic heterocycles. The molecule has 0 heterocycles. The van der Waals surface area contributed by atoms with Crippen molar-refractivity contribution in [1.29, 1.82) is 0 Å². The van der Waals surface area contributed by atoms with Gasteiger partial charge in [0, 0.05) is 6.92 Å². The molecule has 8 atom stereocenters. The van der Waals surface area contributed by atoms with Crippen LogP contribution in [0.3, 0.4) is 0 Å². The van der Waals surface area contributed by atoms with Crippen LogP contribution < -0.4 is 0 Å². The Morgan fingerprint density at radius 3 is 2.50 bits per heavy atom. The third-order valence-electron chi connectivity index (χ3n) is 7.37. The summed E-state index contributed by atoms with van der Waals surface area (Å²) in [6, 6.07) is 0. The van der Waals surface area contributed by atoms with Gasteiger partial charge in [-0.15, -0.1) is 0 Å². The Balaban J connectivity index is 2.10. The van der Waals surface area contributed by atoms with Crippen LogP contribution in [0.5, 0.6) is 0 Å². The SMILES string of the molecule is C=C1[C@H](OC(C)=O)C[C@H]2[C@@H](/C=C(\C)C(=O)[C@@]3(O)C[C@H](C)[C@H](O)[C@@H]3[C@H]1O)C2(C)C. The third kappa shape index (κ3) is 3.15. The molecule has 0 spiro atoms. The highest BCUT2D eigenvalue weighted by molar-refractivity contribution is 6.02. The summed E-state index contributed by atoms with van der Waals surface area (Å²) in [5, 5.41) is 33.1. The van der Waals surface area contributed by atoms with Crippen molar-refractivity contribution in [2.24, 2.45) is 29.1 Å². The minimum atomic E-state index is -1.89. The van der Waals surface area contributed by atoms with Gasteiger partial charge in [0.25, 0.3) is 0 Å². The fourth-order valence-corrected chi connectivity index (χ4v) is 5.46. The normalized spacial score (nSPS) is 47.3.